The molecule has 25 heavy (non-hydrogen) atoms. The molecule has 2 aromatic heterocycles. The van der Waals surface area contributed by atoms with Gasteiger partial charge < -0.3 is 15.5 Å². The van der Waals surface area contributed by atoms with E-state index < -0.39 is 9.84 Å². The van der Waals surface area contributed by atoms with Gasteiger partial charge in [-0.1, -0.05) is 0 Å². The van der Waals surface area contributed by atoms with Gasteiger partial charge in [0.25, 0.3) is 0 Å². The quantitative estimate of drug-likeness (QED) is 0.594. The first-order chi connectivity index (χ1) is 11.4. The molecule has 0 aliphatic carbocycles. The Bertz CT molecular complexity index is 1030. The number of methoxy groups -OCH3 is 2. The van der Waals surface area contributed by atoms with Crippen LogP contribution in [0, 0.1) is 0 Å². The van der Waals surface area contributed by atoms with Crippen LogP contribution in [0.4, 0.5) is 0 Å². The first-order valence-corrected chi connectivity index (χ1v) is 9.12. The van der Waals surface area contributed by atoms with Gasteiger partial charge in [0.15, 0.2) is 9.84 Å². The number of sulfone groups is 1. The first kappa shape index (κ1) is 19.8. The van der Waals surface area contributed by atoms with E-state index in [0.717, 1.165) is 16.5 Å². The van der Waals surface area contributed by atoms with Crippen LogP contribution >= 0.6 is 0 Å². The fourth-order valence-electron chi connectivity index (χ4n) is 2.81. The van der Waals surface area contributed by atoms with Crippen LogP contribution in [0.25, 0.3) is 22.0 Å². The van der Waals surface area contributed by atoms with E-state index in [9.17, 15) is 8.42 Å². The molecule has 8 heteroatoms. The van der Waals surface area contributed by atoms with Gasteiger partial charge in [-0.15, -0.1) is 0 Å². The number of rotatable bonds is 4. The third kappa shape index (κ3) is 3.55. The number of nitrogens with zero attached hydrogens (tertiary/aromatic N) is 2. The van der Waals surface area contributed by atoms with Gasteiger partial charge in [-0.05, 0) is 24.3 Å². The topological polar surface area (TPSA) is 70.4 Å². The SMILES string of the molecule is COc1ccc(S(C)(=O)=O)cc1-c1cn(C)c2c(OC)nccc12.[H-].[Na+]. The summed E-state index contributed by atoms with van der Waals surface area (Å²) in [6.45, 7) is 0. The van der Waals surface area contributed by atoms with E-state index in [0.29, 0.717) is 17.2 Å². The summed E-state index contributed by atoms with van der Waals surface area (Å²) < 4.78 is 36.5. The van der Waals surface area contributed by atoms with E-state index in [-0.39, 0.29) is 35.9 Å². The zero-order valence-corrected chi connectivity index (χ0v) is 17.7. The van der Waals surface area contributed by atoms with Crippen LogP contribution in [-0.2, 0) is 16.9 Å². The van der Waals surface area contributed by atoms with Gasteiger partial charge in [0.1, 0.15) is 11.3 Å². The molecule has 128 valence electrons. The van der Waals surface area contributed by atoms with Gasteiger partial charge in [0, 0.05) is 42.2 Å². The standard InChI is InChI=1S/C17H18N2O4S.Na.H/c1-19-10-14(12-7-8-18-17(23-3)16(12)19)13-9-11(24(4,20)21)5-6-15(13)22-2;;/h5-10H,1-4H3;;/q;+1;-1. The van der Waals surface area contributed by atoms with E-state index in [1.807, 2.05) is 23.9 Å². The second kappa shape index (κ2) is 7.37. The summed E-state index contributed by atoms with van der Waals surface area (Å²) in [6.07, 6.45) is 4.77. The van der Waals surface area contributed by atoms with E-state index in [1.54, 1.807) is 38.6 Å². The second-order valence-corrected chi connectivity index (χ2v) is 7.52. The molecule has 0 amide bonds. The third-order valence-electron chi connectivity index (χ3n) is 3.94. The number of ether oxygens (including phenoxy) is 2. The van der Waals surface area contributed by atoms with Crippen molar-refractivity contribution in [2.45, 2.75) is 4.90 Å². The van der Waals surface area contributed by atoms with Crippen molar-refractivity contribution in [3.63, 3.8) is 0 Å². The molecule has 0 spiro atoms. The summed E-state index contributed by atoms with van der Waals surface area (Å²) in [4.78, 5) is 4.47. The van der Waals surface area contributed by atoms with Crippen molar-refractivity contribution >= 4 is 20.7 Å². The average molecular weight is 370 g/mol. The summed E-state index contributed by atoms with van der Waals surface area (Å²) in [5.74, 6) is 1.12. The number of benzene rings is 1. The Labute approximate surface area is 170 Å². The minimum atomic E-state index is -3.32. The second-order valence-electron chi connectivity index (χ2n) is 5.50. The van der Waals surface area contributed by atoms with Gasteiger partial charge >= 0.3 is 29.6 Å². The molecule has 0 aliphatic heterocycles. The van der Waals surface area contributed by atoms with E-state index >= 15 is 0 Å². The Morgan fingerprint density at radius 1 is 1.12 bits per heavy atom. The molecule has 0 saturated carbocycles. The third-order valence-corrected chi connectivity index (χ3v) is 5.05. The van der Waals surface area contributed by atoms with Gasteiger partial charge in [0.2, 0.25) is 5.88 Å². The molecular weight excluding hydrogens is 351 g/mol. The zero-order chi connectivity index (χ0) is 17.5. The summed E-state index contributed by atoms with van der Waals surface area (Å²) in [6, 6.07) is 6.73. The molecule has 0 aliphatic rings. The zero-order valence-electron chi connectivity index (χ0n) is 15.9. The maximum Gasteiger partial charge on any atom is 1.00 e. The Morgan fingerprint density at radius 3 is 2.44 bits per heavy atom. The van der Waals surface area contributed by atoms with Crippen LogP contribution in [0.2, 0.25) is 0 Å². The Balaban J connectivity index is 0.00000169. The van der Waals surface area contributed by atoms with Gasteiger partial charge in [0.05, 0.1) is 19.1 Å². The molecule has 0 bridgehead atoms. The maximum atomic E-state index is 11.9. The molecule has 3 aromatic rings. The number of fused-ring (bicyclic) bond motifs is 1. The van der Waals surface area contributed by atoms with Gasteiger partial charge in [-0.3, -0.25) is 0 Å². The number of aromatic nitrogens is 2. The van der Waals surface area contributed by atoms with Crippen LogP contribution in [0.3, 0.4) is 0 Å². The summed E-state index contributed by atoms with van der Waals surface area (Å²) in [5.41, 5.74) is 2.40. The Hall–Kier alpha value is -1.54. The molecular formula is C17H19N2NaO4S. The molecule has 0 radical (unpaired) electrons. The van der Waals surface area contributed by atoms with E-state index in [4.69, 9.17) is 9.47 Å². The molecule has 0 saturated heterocycles. The Kier molecular flexibility index (Phi) is 5.83. The monoisotopic (exact) mass is 370 g/mol. The van der Waals surface area contributed by atoms with Crippen molar-refractivity contribution in [1.29, 1.82) is 0 Å². The van der Waals surface area contributed by atoms with Crippen LogP contribution in [0.1, 0.15) is 1.43 Å². The van der Waals surface area contributed by atoms with E-state index in [2.05, 4.69) is 4.98 Å². The maximum absolute atomic E-state index is 11.9. The average Bonchev–Trinajstić information content (AvgIpc) is 2.90. The summed E-state index contributed by atoms with van der Waals surface area (Å²) >= 11 is 0. The van der Waals surface area contributed by atoms with Crippen molar-refractivity contribution in [2.75, 3.05) is 20.5 Å². The number of hydrogen-bond donors (Lipinski definition) is 0. The van der Waals surface area contributed by atoms with Crippen molar-refractivity contribution in [3.05, 3.63) is 36.7 Å². The minimum Gasteiger partial charge on any atom is -1.00 e. The molecule has 0 fully saturated rings. The molecule has 0 unspecified atom stereocenters. The fraction of sp³-hybridized carbons (Fsp3) is 0.235. The van der Waals surface area contributed by atoms with Crippen LogP contribution < -0.4 is 39.0 Å². The van der Waals surface area contributed by atoms with Crippen LogP contribution in [-0.4, -0.2) is 38.4 Å². The van der Waals surface area contributed by atoms with Crippen molar-refractivity contribution in [3.8, 4) is 22.8 Å². The first-order valence-electron chi connectivity index (χ1n) is 7.23. The van der Waals surface area contributed by atoms with Gasteiger partial charge in [-0.25, -0.2) is 13.4 Å². The molecule has 2 heterocycles. The summed E-state index contributed by atoms with van der Waals surface area (Å²) in [5, 5.41) is 0.910. The minimum absolute atomic E-state index is 0. The number of pyridine rings is 1. The molecule has 1 aromatic carbocycles. The van der Waals surface area contributed by atoms with Crippen LogP contribution in [0.15, 0.2) is 41.6 Å². The van der Waals surface area contributed by atoms with E-state index in [1.165, 1.54) is 6.26 Å². The predicted octanol–water partition coefficient (Wildman–Crippen LogP) is -0.222. The van der Waals surface area contributed by atoms with Crippen molar-refractivity contribution < 1.29 is 48.9 Å². The number of aryl methyl sites for hydroxylation is 1. The number of hydrogen-bond acceptors (Lipinski definition) is 5. The van der Waals surface area contributed by atoms with Crippen LogP contribution in [0.5, 0.6) is 11.6 Å². The predicted molar refractivity (Wildman–Crippen MR) is 93.5 cm³/mol. The molecule has 3 rings (SSSR count). The molecule has 0 atom stereocenters. The molecule has 6 nitrogen and oxygen atoms in total. The van der Waals surface area contributed by atoms with Gasteiger partial charge in [-0.2, -0.15) is 0 Å². The summed E-state index contributed by atoms with van der Waals surface area (Å²) in [7, 11) is 1.71. The smallest absolute Gasteiger partial charge is 1.00 e. The normalized spacial score (nSPS) is 11.2. The molecule has 0 N–H and O–H groups in total. The van der Waals surface area contributed by atoms with Crippen molar-refractivity contribution in [2.24, 2.45) is 7.05 Å². The Morgan fingerprint density at radius 2 is 1.84 bits per heavy atom. The van der Waals surface area contributed by atoms with Crippen molar-refractivity contribution in [1.82, 2.24) is 9.55 Å². The largest absolute Gasteiger partial charge is 1.00 e. The fourth-order valence-corrected chi connectivity index (χ4v) is 3.46.